The van der Waals surface area contributed by atoms with E-state index in [1.165, 1.54) is 0 Å². The average molecular weight is 293 g/mol. The lowest BCUT2D eigenvalue weighted by Crippen LogP contribution is -2.56. The molecule has 1 fully saturated rings. The molecule has 0 aromatic heterocycles. The van der Waals surface area contributed by atoms with Crippen molar-refractivity contribution in [3.63, 3.8) is 0 Å². The monoisotopic (exact) mass is 293 g/mol. The van der Waals surface area contributed by atoms with E-state index in [0.717, 1.165) is 0 Å². The van der Waals surface area contributed by atoms with Gasteiger partial charge in [-0.1, -0.05) is 18.2 Å². The molecular formula is C16H23NO4. The lowest BCUT2D eigenvalue weighted by Gasteiger charge is -2.42. The van der Waals surface area contributed by atoms with Gasteiger partial charge in [-0.2, -0.15) is 0 Å². The first-order valence-corrected chi connectivity index (χ1v) is 7.12. The summed E-state index contributed by atoms with van der Waals surface area (Å²) in [7, 11) is 1.63. The average Bonchev–Trinajstić information content (AvgIpc) is 2.44. The molecule has 5 nitrogen and oxygen atoms in total. The first-order chi connectivity index (χ1) is 10.00. The van der Waals surface area contributed by atoms with E-state index < -0.39 is 0 Å². The molecule has 0 saturated carbocycles. The van der Waals surface area contributed by atoms with Crippen molar-refractivity contribution in [1.82, 2.24) is 4.90 Å². The van der Waals surface area contributed by atoms with Crippen LogP contribution in [0, 0.1) is 0 Å². The van der Waals surface area contributed by atoms with Crippen LogP contribution in [0.5, 0.6) is 5.75 Å². The van der Waals surface area contributed by atoms with Gasteiger partial charge in [0.2, 0.25) is 0 Å². The fourth-order valence-electron chi connectivity index (χ4n) is 2.51. The summed E-state index contributed by atoms with van der Waals surface area (Å²) in [5.74, 6) is 0.670. The molecule has 5 heteroatoms. The van der Waals surface area contributed by atoms with Gasteiger partial charge in [-0.3, -0.25) is 4.79 Å². The second kappa shape index (κ2) is 6.91. The van der Waals surface area contributed by atoms with Crippen LogP contribution in [-0.2, 0) is 14.3 Å². The first kappa shape index (κ1) is 15.8. The molecule has 1 aromatic rings. The van der Waals surface area contributed by atoms with Gasteiger partial charge < -0.3 is 19.1 Å². The molecule has 1 aliphatic rings. The SMILES string of the molecule is COC[C@H]1CN(C(=O)COc2ccccc2)CC(C)(C)O1. The van der Waals surface area contributed by atoms with Crippen LogP contribution < -0.4 is 4.74 Å². The fourth-order valence-corrected chi connectivity index (χ4v) is 2.51. The summed E-state index contributed by atoms with van der Waals surface area (Å²) in [6.45, 7) is 5.57. The number of morpholine rings is 1. The van der Waals surface area contributed by atoms with Crippen LogP contribution in [0.15, 0.2) is 30.3 Å². The number of ether oxygens (including phenoxy) is 3. The minimum Gasteiger partial charge on any atom is -0.484 e. The van der Waals surface area contributed by atoms with E-state index in [9.17, 15) is 4.79 Å². The number of hydrogen-bond acceptors (Lipinski definition) is 4. The Bertz CT molecular complexity index is 461. The number of para-hydroxylation sites is 1. The summed E-state index contributed by atoms with van der Waals surface area (Å²) in [6, 6.07) is 9.35. The molecule has 1 aliphatic heterocycles. The Morgan fingerprint density at radius 2 is 2.10 bits per heavy atom. The molecular weight excluding hydrogens is 270 g/mol. The lowest BCUT2D eigenvalue weighted by atomic mass is 10.1. The number of amides is 1. The van der Waals surface area contributed by atoms with Crippen LogP contribution in [0.1, 0.15) is 13.8 Å². The van der Waals surface area contributed by atoms with Crippen molar-refractivity contribution < 1.29 is 19.0 Å². The van der Waals surface area contributed by atoms with Gasteiger partial charge in [0.1, 0.15) is 5.75 Å². The minimum absolute atomic E-state index is 0.0312. The van der Waals surface area contributed by atoms with Crippen molar-refractivity contribution in [1.29, 1.82) is 0 Å². The van der Waals surface area contributed by atoms with Crippen molar-refractivity contribution in [2.75, 3.05) is 33.4 Å². The predicted octanol–water partition coefficient (Wildman–Crippen LogP) is 1.72. The highest BCUT2D eigenvalue weighted by Crippen LogP contribution is 2.21. The maximum atomic E-state index is 12.3. The van der Waals surface area contributed by atoms with Gasteiger partial charge in [0.15, 0.2) is 6.61 Å². The van der Waals surface area contributed by atoms with E-state index >= 15 is 0 Å². The van der Waals surface area contributed by atoms with Gasteiger partial charge in [-0.05, 0) is 26.0 Å². The van der Waals surface area contributed by atoms with Crippen molar-refractivity contribution in [3.8, 4) is 5.75 Å². The molecule has 1 atom stereocenters. The van der Waals surface area contributed by atoms with E-state index in [2.05, 4.69) is 0 Å². The van der Waals surface area contributed by atoms with Gasteiger partial charge in [-0.25, -0.2) is 0 Å². The molecule has 0 radical (unpaired) electrons. The standard InChI is InChI=1S/C16H23NO4/c1-16(2)12-17(9-14(21-16)10-19-3)15(18)11-20-13-7-5-4-6-8-13/h4-8,14H,9-12H2,1-3H3/t14-/m1/s1. The number of nitrogens with zero attached hydrogens (tertiary/aromatic N) is 1. The minimum atomic E-state index is -0.371. The van der Waals surface area contributed by atoms with E-state index in [4.69, 9.17) is 14.2 Å². The molecule has 21 heavy (non-hydrogen) atoms. The fraction of sp³-hybridized carbons (Fsp3) is 0.562. The zero-order valence-electron chi connectivity index (χ0n) is 12.9. The van der Waals surface area contributed by atoms with Crippen LogP contribution in [-0.4, -0.2) is 55.9 Å². The second-order valence-electron chi connectivity index (χ2n) is 5.83. The van der Waals surface area contributed by atoms with E-state index in [0.29, 0.717) is 25.4 Å². The number of methoxy groups -OCH3 is 1. The molecule has 0 spiro atoms. The lowest BCUT2D eigenvalue weighted by molar-refractivity contribution is -0.170. The smallest absolute Gasteiger partial charge is 0.260 e. The molecule has 0 unspecified atom stereocenters. The highest BCUT2D eigenvalue weighted by atomic mass is 16.5. The summed E-state index contributed by atoms with van der Waals surface area (Å²) in [6.07, 6.45) is -0.0978. The molecule has 1 amide bonds. The zero-order valence-corrected chi connectivity index (χ0v) is 12.9. The molecule has 2 rings (SSSR count). The summed E-state index contributed by atoms with van der Waals surface area (Å²) in [5.41, 5.74) is -0.371. The summed E-state index contributed by atoms with van der Waals surface area (Å²) in [5, 5.41) is 0. The molecule has 1 aromatic carbocycles. The van der Waals surface area contributed by atoms with E-state index in [1.54, 1.807) is 12.0 Å². The molecule has 0 aliphatic carbocycles. The van der Waals surface area contributed by atoms with Crippen molar-refractivity contribution >= 4 is 5.91 Å². The molecule has 0 bridgehead atoms. The van der Waals surface area contributed by atoms with Crippen molar-refractivity contribution in [2.45, 2.75) is 25.6 Å². The van der Waals surface area contributed by atoms with Crippen LogP contribution in [0.4, 0.5) is 0 Å². The normalized spacial score (nSPS) is 21.1. The molecule has 1 saturated heterocycles. The van der Waals surface area contributed by atoms with Gasteiger partial charge in [-0.15, -0.1) is 0 Å². The Morgan fingerprint density at radius 1 is 1.38 bits per heavy atom. The summed E-state index contributed by atoms with van der Waals surface area (Å²) < 4.78 is 16.6. The number of hydrogen-bond donors (Lipinski definition) is 0. The van der Waals surface area contributed by atoms with Gasteiger partial charge in [0.25, 0.3) is 5.91 Å². The third kappa shape index (κ3) is 4.72. The van der Waals surface area contributed by atoms with Crippen molar-refractivity contribution in [2.24, 2.45) is 0 Å². The zero-order chi connectivity index (χ0) is 15.3. The number of benzene rings is 1. The predicted molar refractivity (Wildman–Crippen MR) is 79.3 cm³/mol. The number of rotatable bonds is 5. The van der Waals surface area contributed by atoms with E-state index in [-0.39, 0.29) is 24.2 Å². The third-order valence-corrected chi connectivity index (χ3v) is 3.29. The largest absolute Gasteiger partial charge is 0.484 e. The number of carbonyl (C=O) groups is 1. The van der Waals surface area contributed by atoms with Crippen molar-refractivity contribution in [3.05, 3.63) is 30.3 Å². The molecule has 1 heterocycles. The number of carbonyl (C=O) groups excluding carboxylic acids is 1. The van der Waals surface area contributed by atoms with Gasteiger partial charge >= 0.3 is 0 Å². The maximum Gasteiger partial charge on any atom is 0.260 e. The quantitative estimate of drug-likeness (QED) is 0.829. The second-order valence-corrected chi connectivity index (χ2v) is 5.83. The van der Waals surface area contributed by atoms with Gasteiger partial charge in [0.05, 0.1) is 18.3 Å². The highest BCUT2D eigenvalue weighted by molar-refractivity contribution is 5.78. The maximum absolute atomic E-state index is 12.3. The summed E-state index contributed by atoms with van der Waals surface area (Å²) in [4.78, 5) is 14.1. The molecule has 0 N–H and O–H groups in total. The first-order valence-electron chi connectivity index (χ1n) is 7.12. The summed E-state index contributed by atoms with van der Waals surface area (Å²) >= 11 is 0. The Morgan fingerprint density at radius 3 is 2.76 bits per heavy atom. The molecule has 116 valence electrons. The third-order valence-electron chi connectivity index (χ3n) is 3.29. The highest BCUT2D eigenvalue weighted by Gasteiger charge is 2.35. The Hall–Kier alpha value is -1.59. The Balaban J connectivity index is 1.91. The van der Waals surface area contributed by atoms with Gasteiger partial charge in [0, 0.05) is 20.2 Å². The van der Waals surface area contributed by atoms with E-state index in [1.807, 2.05) is 44.2 Å². The Kier molecular flexibility index (Phi) is 5.20. The topological polar surface area (TPSA) is 48.0 Å². The van der Waals surface area contributed by atoms with Crippen LogP contribution in [0.25, 0.3) is 0 Å². The Labute approximate surface area is 125 Å². The van der Waals surface area contributed by atoms with Crippen LogP contribution in [0.2, 0.25) is 0 Å². The van der Waals surface area contributed by atoms with Crippen LogP contribution in [0.3, 0.4) is 0 Å². The van der Waals surface area contributed by atoms with Crippen LogP contribution >= 0.6 is 0 Å².